The first-order chi connectivity index (χ1) is 10.8. The maximum Gasteiger partial charge on any atom is 0.232 e. The number of para-hydroxylation sites is 1. The molecule has 0 radical (unpaired) electrons. The van der Waals surface area contributed by atoms with Crippen LogP contribution in [0.3, 0.4) is 0 Å². The molecule has 0 bridgehead atoms. The molecule has 1 aromatic carbocycles. The number of nitrogens with zero attached hydrogens (tertiary/aromatic N) is 4. The van der Waals surface area contributed by atoms with Gasteiger partial charge in [0.1, 0.15) is 11.9 Å². The fourth-order valence-corrected chi connectivity index (χ4v) is 2.60. The lowest BCUT2D eigenvalue weighted by Crippen LogP contribution is -2.54. The van der Waals surface area contributed by atoms with Gasteiger partial charge in [-0.15, -0.1) is 0 Å². The molecule has 1 saturated heterocycles. The predicted octanol–water partition coefficient (Wildman–Crippen LogP) is 2.60. The predicted molar refractivity (Wildman–Crippen MR) is 85.1 cm³/mol. The summed E-state index contributed by atoms with van der Waals surface area (Å²) < 4.78 is 5.83. The van der Waals surface area contributed by atoms with Crippen molar-refractivity contribution in [3.05, 3.63) is 54.5 Å². The van der Waals surface area contributed by atoms with Gasteiger partial charge >= 0.3 is 0 Å². The SMILES string of the molecule is Cc1cncc(OC2CN(c3ccc4ccccc4n3)C2)n1. The van der Waals surface area contributed by atoms with Crippen molar-refractivity contribution in [1.82, 2.24) is 15.0 Å². The van der Waals surface area contributed by atoms with E-state index in [9.17, 15) is 0 Å². The second-order valence-electron chi connectivity index (χ2n) is 5.51. The summed E-state index contributed by atoms with van der Waals surface area (Å²) in [6.07, 6.45) is 3.52. The fourth-order valence-electron chi connectivity index (χ4n) is 2.60. The van der Waals surface area contributed by atoms with Gasteiger partial charge in [-0.25, -0.2) is 9.97 Å². The molecule has 0 unspecified atom stereocenters. The third-order valence-electron chi connectivity index (χ3n) is 3.78. The minimum Gasteiger partial charge on any atom is -0.469 e. The molecule has 3 heterocycles. The molecule has 0 spiro atoms. The zero-order chi connectivity index (χ0) is 14.9. The molecule has 0 N–H and O–H groups in total. The molecule has 3 aromatic rings. The summed E-state index contributed by atoms with van der Waals surface area (Å²) in [6, 6.07) is 12.3. The van der Waals surface area contributed by atoms with E-state index in [0.717, 1.165) is 35.5 Å². The van der Waals surface area contributed by atoms with Crippen molar-refractivity contribution in [3.8, 4) is 5.88 Å². The summed E-state index contributed by atoms with van der Waals surface area (Å²) in [7, 11) is 0. The maximum absolute atomic E-state index is 5.83. The monoisotopic (exact) mass is 292 g/mol. The molecular weight excluding hydrogens is 276 g/mol. The van der Waals surface area contributed by atoms with Crippen molar-refractivity contribution in [2.75, 3.05) is 18.0 Å². The fraction of sp³-hybridized carbons (Fsp3) is 0.235. The quantitative estimate of drug-likeness (QED) is 0.742. The minimum absolute atomic E-state index is 0.143. The van der Waals surface area contributed by atoms with E-state index in [0.29, 0.717) is 5.88 Å². The van der Waals surface area contributed by atoms with Crippen LogP contribution in [-0.4, -0.2) is 34.1 Å². The van der Waals surface area contributed by atoms with E-state index in [4.69, 9.17) is 9.72 Å². The molecule has 0 amide bonds. The number of fused-ring (bicyclic) bond motifs is 1. The molecule has 4 rings (SSSR count). The maximum atomic E-state index is 5.83. The van der Waals surface area contributed by atoms with Crippen molar-refractivity contribution in [2.45, 2.75) is 13.0 Å². The molecule has 22 heavy (non-hydrogen) atoms. The van der Waals surface area contributed by atoms with Crippen LogP contribution in [-0.2, 0) is 0 Å². The van der Waals surface area contributed by atoms with Crippen molar-refractivity contribution in [3.63, 3.8) is 0 Å². The first-order valence-electron chi connectivity index (χ1n) is 7.34. The molecule has 110 valence electrons. The van der Waals surface area contributed by atoms with Crippen molar-refractivity contribution in [2.24, 2.45) is 0 Å². The number of ether oxygens (including phenoxy) is 1. The van der Waals surface area contributed by atoms with Crippen LogP contribution in [0.1, 0.15) is 5.69 Å². The van der Waals surface area contributed by atoms with Gasteiger partial charge in [0.05, 0.1) is 30.5 Å². The number of pyridine rings is 1. The topological polar surface area (TPSA) is 51.1 Å². The molecule has 5 nitrogen and oxygen atoms in total. The molecular formula is C17H16N4O. The van der Waals surface area contributed by atoms with Crippen LogP contribution in [0.5, 0.6) is 5.88 Å². The van der Waals surface area contributed by atoms with Gasteiger partial charge in [-0.3, -0.25) is 4.98 Å². The molecule has 1 aliphatic heterocycles. The number of rotatable bonds is 3. The summed E-state index contributed by atoms with van der Waals surface area (Å²) in [5, 5.41) is 1.16. The van der Waals surface area contributed by atoms with Crippen LogP contribution < -0.4 is 9.64 Å². The summed E-state index contributed by atoms with van der Waals surface area (Å²) in [5.74, 6) is 1.59. The van der Waals surface area contributed by atoms with Gasteiger partial charge in [0.2, 0.25) is 5.88 Å². The molecule has 5 heteroatoms. The van der Waals surface area contributed by atoms with E-state index in [1.165, 1.54) is 0 Å². The lowest BCUT2D eigenvalue weighted by molar-refractivity contribution is 0.159. The molecule has 0 atom stereocenters. The molecule has 2 aromatic heterocycles. The highest BCUT2D eigenvalue weighted by Gasteiger charge is 2.30. The Morgan fingerprint density at radius 1 is 1.05 bits per heavy atom. The van der Waals surface area contributed by atoms with Gasteiger partial charge in [0.25, 0.3) is 0 Å². The Hall–Kier alpha value is -2.69. The van der Waals surface area contributed by atoms with Crippen LogP contribution in [0.4, 0.5) is 5.82 Å². The van der Waals surface area contributed by atoms with Gasteiger partial charge in [-0.2, -0.15) is 0 Å². The lowest BCUT2D eigenvalue weighted by atomic mass is 10.1. The van der Waals surface area contributed by atoms with E-state index in [1.54, 1.807) is 12.4 Å². The van der Waals surface area contributed by atoms with Gasteiger partial charge in [0.15, 0.2) is 0 Å². The molecule has 1 aliphatic rings. The minimum atomic E-state index is 0.143. The Morgan fingerprint density at radius 3 is 2.77 bits per heavy atom. The van der Waals surface area contributed by atoms with Gasteiger partial charge in [0, 0.05) is 11.6 Å². The first kappa shape index (κ1) is 13.0. The summed E-state index contributed by atoms with van der Waals surface area (Å²) in [4.78, 5) is 15.3. The Kier molecular flexibility index (Phi) is 3.11. The number of anilines is 1. The van der Waals surface area contributed by atoms with Crippen molar-refractivity contribution < 1.29 is 4.74 Å². The lowest BCUT2D eigenvalue weighted by Gasteiger charge is -2.39. The summed E-state index contributed by atoms with van der Waals surface area (Å²) in [5.41, 5.74) is 1.89. The number of benzene rings is 1. The Bertz CT molecular complexity index is 814. The largest absolute Gasteiger partial charge is 0.469 e. The van der Waals surface area contributed by atoms with E-state index < -0.39 is 0 Å². The average Bonchev–Trinajstić information content (AvgIpc) is 2.50. The van der Waals surface area contributed by atoms with Crippen LogP contribution in [0.2, 0.25) is 0 Å². The highest BCUT2D eigenvalue weighted by molar-refractivity contribution is 5.80. The summed E-state index contributed by atoms with van der Waals surface area (Å²) in [6.45, 7) is 3.55. The van der Waals surface area contributed by atoms with E-state index in [2.05, 4.69) is 33.1 Å². The number of hydrogen-bond donors (Lipinski definition) is 0. The Balaban J connectivity index is 1.43. The van der Waals surface area contributed by atoms with Gasteiger partial charge in [-0.1, -0.05) is 18.2 Å². The van der Waals surface area contributed by atoms with Crippen LogP contribution in [0.25, 0.3) is 10.9 Å². The Morgan fingerprint density at radius 2 is 1.91 bits per heavy atom. The smallest absolute Gasteiger partial charge is 0.232 e. The van der Waals surface area contributed by atoms with Gasteiger partial charge < -0.3 is 9.64 Å². The van der Waals surface area contributed by atoms with Gasteiger partial charge in [-0.05, 0) is 25.1 Å². The molecule has 0 saturated carbocycles. The normalized spacial score (nSPS) is 14.9. The van der Waals surface area contributed by atoms with Crippen LogP contribution in [0, 0.1) is 6.92 Å². The second kappa shape index (κ2) is 5.26. The van der Waals surface area contributed by atoms with E-state index in [-0.39, 0.29) is 6.10 Å². The molecule has 0 aliphatic carbocycles. The molecule has 1 fully saturated rings. The van der Waals surface area contributed by atoms with Crippen molar-refractivity contribution >= 4 is 16.7 Å². The summed E-state index contributed by atoms with van der Waals surface area (Å²) >= 11 is 0. The first-order valence-corrected chi connectivity index (χ1v) is 7.34. The van der Waals surface area contributed by atoms with Crippen molar-refractivity contribution in [1.29, 1.82) is 0 Å². The zero-order valence-corrected chi connectivity index (χ0v) is 12.3. The average molecular weight is 292 g/mol. The van der Waals surface area contributed by atoms with E-state index in [1.807, 2.05) is 25.1 Å². The number of aryl methyl sites for hydroxylation is 1. The zero-order valence-electron chi connectivity index (χ0n) is 12.3. The third kappa shape index (κ3) is 2.45. The van der Waals surface area contributed by atoms with Crippen LogP contribution >= 0.6 is 0 Å². The highest BCUT2D eigenvalue weighted by Crippen LogP contribution is 2.24. The number of aromatic nitrogens is 3. The standard InChI is InChI=1S/C17H16N4O/c1-12-8-18-9-17(19-12)22-14-10-21(11-14)16-7-6-13-4-2-3-5-15(13)20-16/h2-9,14H,10-11H2,1H3. The third-order valence-corrected chi connectivity index (χ3v) is 3.78. The number of hydrogen-bond acceptors (Lipinski definition) is 5. The van der Waals surface area contributed by atoms with Crippen LogP contribution in [0.15, 0.2) is 48.8 Å². The second-order valence-corrected chi connectivity index (χ2v) is 5.51. The Labute approximate surface area is 128 Å². The van der Waals surface area contributed by atoms with E-state index >= 15 is 0 Å². The highest BCUT2D eigenvalue weighted by atomic mass is 16.5.